The zero-order chi connectivity index (χ0) is 14.4. The molecule has 2 bridgehead atoms. The molecule has 1 aromatic heterocycles. The van der Waals surface area contributed by atoms with Crippen LogP contribution in [0.2, 0.25) is 0 Å². The first-order valence-corrected chi connectivity index (χ1v) is 8.32. The Kier molecular flexibility index (Phi) is 3.32. The van der Waals surface area contributed by atoms with Crippen LogP contribution in [0.15, 0.2) is 17.5 Å². The molecule has 0 spiro atoms. The maximum absolute atomic E-state index is 12.5. The molecule has 1 N–H and O–H groups in total. The second-order valence-electron chi connectivity index (χ2n) is 7.58. The average molecular weight is 292 g/mol. The van der Waals surface area contributed by atoms with Gasteiger partial charge in [-0.1, -0.05) is 26.8 Å². The third-order valence-corrected chi connectivity index (χ3v) is 5.55. The Balaban J connectivity index is 1.64. The molecule has 2 heterocycles. The summed E-state index contributed by atoms with van der Waals surface area (Å²) >= 11 is 1.69. The van der Waals surface area contributed by atoms with Crippen LogP contribution in [-0.4, -0.2) is 23.5 Å². The Morgan fingerprint density at radius 2 is 2.25 bits per heavy atom. The molecular formula is C16H24N2OS. The topological polar surface area (TPSA) is 32.3 Å². The summed E-state index contributed by atoms with van der Waals surface area (Å²) in [6.45, 7) is 8.58. The highest BCUT2D eigenvalue weighted by Crippen LogP contribution is 2.52. The lowest BCUT2D eigenvalue weighted by Gasteiger charge is -2.39. The Hall–Kier alpha value is -1.03. The fourth-order valence-corrected chi connectivity index (χ4v) is 5.02. The first kappa shape index (κ1) is 13.9. The Labute approximate surface area is 125 Å². The zero-order valence-corrected chi connectivity index (χ0v) is 13.4. The highest BCUT2D eigenvalue weighted by atomic mass is 32.1. The van der Waals surface area contributed by atoms with Crippen LogP contribution in [0.1, 0.15) is 44.9 Å². The molecule has 3 rings (SSSR count). The number of nitrogens with zero attached hydrogens (tertiary/aromatic N) is 1. The predicted molar refractivity (Wildman–Crippen MR) is 82.8 cm³/mol. The molecule has 1 saturated carbocycles. The van der Waals surface area contributed by atoms with Gasteiger partial charge in [0, 0.05) is 17.5 Å². The standard InChI is InChI=1S/C16H24N2OS/c1-15(2)7-12-8-16(3,10-15)11-18(12)14(19)17-9-13-5-4-6-20-13/h4-6,12H,7-11H2,1-3H3,(H,17,19). The molecule has 0 aromatic carbocycles. The highest BCUT2D eigenvalue weighted by Gasteiger charge is 2.50. The summed E-state index contributed by atoms with van der Waals surface area (Å²) in [4.78, 5) is 15.8. The van der Waals surface area contributed by atoms with Crippen molar-refractivity contribution >= 4 is 17.4 Å². The van der Waals surface area contributed by atoms with E-state index < -0.39 is 0 Å². The van der Waals surface area contributed by atoms with E-state index in [1.807, 2.05) is 11.4 Å². The van der Waals surface area contributed by atoms with Gasteiger partial charge in [-0.3, -0.25) is 0 Å². The summed E-state index contributed by atoms with van der Waals surface area (Å²) in [5.74, 6) is 0. The largest absolute Gasteiger partial charge is 0.333 e. The molecule has 2 fully saturated rings. The summed E-state index contributed by atoms with van der Waals surface area (Å²) in [6.07, 6.45) is 3.53. The molecule has 1 aliphatic carbocycles. The van der Waals surface area contributed by atoms with Crippen molar-refractivity contribution in [3.8, 4) is 0 Å². The van der Waals surface area contributed by atoms with Gasteiger partial charge in [-0.25, -0.2) is 4.79 Å². The van der Waals surface area contributed by atoms with Gasteiger partial charge >= 0.3 is 6.03 Å². The number of likely N-dealkylation sites (tertiary alicyclic amines) is 1. The number of carbonyl (C=O) groups excluding carboxylic acids is 1. The van der Waals surface area contributed by atoms with E-state index in [0.29, 0.717) is 23.4 Å². The number of hydrogen-bond donors (Lipinski definition) is 1. The lowest BCUT2D eigenvalue weighted by atomic mass is 9.65. The minimum Gasteiger partial charge on any atom is -0.333 e. The fraction of sp³-hybridized carbons (Fsp3) is 0.688. The lowest BCUT2D eigenvalue weighted by Crippen LogP contribution is -2.43. The summed E-state index contributed by atoms with van der Waals surface area (Å²) in [6, 6.07) is 4.63. The van der Waals surface area contributed by atoms with E-state index in [-0.39, 0.29) is 6.03 Å². The van der Waals surface area contributed by atoms with E-state index in [2.05, 4.69) is 37.1 Å². The molecule has 3 nitrogen and oxygen atoms in total. The smallest absolute Gasteiger partial charge is 0.317 e. The van der Waals surface area contributed by atoms with Crippen LogP contribution in [0.3, 0.4) is 0 Å². The maximum atomic E-state index is 12.5. The summed E-state index contributed by atoms with van der Waals surface area (Å²) in [7, 11) is 0. The van der Waals surface area contributed by atoms with Crippen LogP contribution in [0.25, 0.3) is 0 Å². The third-order valence-electron chi connectivity index (χ3n) is 4.67. The van der Waals surface area contributed by atoms with Crippen LogP contribution < -0.4 is 5.32 Å². The van der Waals surface area contributed by atoms with E-state index in [9.17, 15) is 4.79 Å². The van der Waals surface area contributed by atoms with Crippen LogP contribution in [0.4, 0.5) is 4.79 Å². The first-order valence-electron chi connectivity index (χ1n) is 7.44. The monoisotopic (exact) mass is 292 g/mol. The van der Waals surface area contributed by atoms with E-state index >= 15 is 0 Å². The van der Waals surface area contributed by atoms with Crippen molar-refractivity contribution in [2.45, 2.75) is 52.6 Å². The van der Waals surface area contributed by atoms with Crippen molar-refractivity contribution < 1.29 is 4.79 Å². The average Bonchev–Trinajstić information content (AvgIpc) is 2.91. The number of urea groups is 1. The zero-order valence-electron chi connectivity index (χ0n) is 12.6. The number of thiophene rings is 1. The molecule has 1 aromatic rings. The second kappa shape index (κ2) is 4.76. The number of carbonyl (C=O) groups is 1. The lowest BCUT2D eigenvalue weighted by molar-refractivity contribution is 0.129. The Morgan fingerprint density at radius 3 is 2.95 bits per heavy atom. The molecule has 1 saturated heterocycles. The summed E-state index contributed by atoms with van der Waals surface area (Å²) in [5, 5.41) is 5.13. The van der Waals surface area contributed by atoms with Crippen LogP contribution in [0, 0.1) is 10.8 Å². The molecule has 2 amide bonds. The number of rotatable bonds is 2. The number of amides is 2. The van der Waals surface area contributed by atoms with Gasteiger partial charge in [0.25, 0.3) is 0 Å². The molecule has 0 radical (unpaired) electrons. The normalized spacial score (nSPS) is 31.4. The molecule has 2 atom stereocenters. The van der Waals surface area contributed by atoms with Crippen molar-refractivity contribution in [3.05, 3.63) is 22.4 Å². The predicted octanol–water partition coefficient (Wildman–Crippen LogP) is 3.86. The van der Waals surface area contributed by atoms with Crippen molar-refractivity contribution in [2.24, 2.45) is 10.8 Å². The second-order valence-corrected chi connectivity index (χ2v) is 8.61. The van der Waals surface area contributed by atoms with Gasteiger partial charge in [0.15, 0.2) is 0 Å². The van der Waals surface area contributed by atoms with Crippen molar-refractivity contribution in [3.63, 3.8) is 0 Å². The minimum atomic E-state index is 0.116. The number of hydrogen-bond acceptors (Lipinski definition) is 2. The number of fused-ring (bicyclic) bond motifs is 2. The van der Waals surface area contributed by atoms with Crippen LogP contribution in [-0.2, 0) is 6.54 Å². The van der Waals surface area contributed by atoms with E-state index in [1.165, 1.54) is 17.7 Å². The summed E-state index contributed by atoms with van der Waals surface area (Å²) in [5.41, 5.74) is 0.674. The molecule has 1 aliphatic heterocycles. The molecular weight excluding hydrogens is 268 g/mol. The molecule has 2 aliphatic rings. The molecule has 4 heteroatoms. The van der Waals surface area contributed by atoms with Gasteiger partial charge in [-0.15, -0.1) is 11.3 Å². The van der Waals surface area contributed by atoms with E-state index in [1.54, 1.807) is 11.3 Å². The fourth-order valence-electron chi connectivity index (χ4n) is 4.37. The SMILES string of the molecule is CC1(C)CC2CC(C)(CN2C(=O)NCc2cccs2)C1. The Morgan fingerprint density at radius 1 is 1.45 bits per heavy atom. The summed E-state index contributed by atoms with van der Waals surface area (Å²) < 4.78 is 0. The number of nitrogens with one attached hydrogen (secondary N) is 1. The van der Waals surface area contributed by atoms with E-state index in [4.69, 9.17) is 0 Å². The van der Waals surface area contributed by atoms with Crippen LogP contribution >= 0.6 is 11.3 Å². The van der Waals surface area contributed by atoms with E-state index in [0.717, 1.165) is 13.0 Å². The quantitative estimate of drug-likeness (QED) is 0.882. The van der Waals surface area contributed by atoms with Gasteiger partial charge in [0.05, 0.1) is 6.54 Å². The van der Waals surface area contributed by atoms with Gasteiger partial charge in [0.1, 0.15) is 0 Å². The van der Waals surface area contributed by atoms with Crippen LogP contribution in [0.5, 0.6) is 0 Å². The van der Waals surface area contributed by atoms with Gasteiger partial charge in [-0.05, 0) is 41.5 Å². The van der Waals surface area contributed by atoms with Crippen molar-refractivity contribution in [1.82, 2.24) is 10.2 Å². The van der Waals surface area contributed by atoms with Crippen molar-refractivity contribution in [1.29, 1.82) is 0 Å². The third kappa shape index (κ3) is 2.71. The maximum Gasteiger partial charge on any atom is 0.317 e. The first-order chi connectivity index (χ1) is 9.37. The Bertz CT molecular complexity index is 497. The van der Waals surface area contributed by atoms with Gasteiger partial charge < -0.3 is 10.2 Å². The highest BCUT2D eigenvalue weighted by molar-refractivity contribution is 7.09. The molecule has 110 valence electrons. The molecule has 2 unspecified atom stereocenters. The van der Waals surface area contributed by atoms with Gasteiger partial charge in [0.2, 0.25) is 0 Å². The van der Waals surface area contributed by atoms with Gasteiger partial charge in [-0.2, -0.15) is 0 Å². The molecule has 20 heavy (non-hydrogen) atoms. The van der Waals surface area contributed by atoms with Crippen molar-refractivity contribution in [2.75, 3.05) is 6.54 Å². The minimum absolute atomic E-state index is 0.116.